The Labute approximate surface area is 185 Å². The summed E-state index contributed by atoms with van der Waals surface area (Å²) in [5, 5.41) is 13.8. The normalized spacial score (nSPS) is 13.3. The van der Waals surface area contributed by atoms with E-state index in [-0.39, 0.29) is 34.0 Å². The summed E-state index contributed by atoms with van der Waals surface area (Å²) in [6.45, 7) is 16.8. The lowest BCUT2D eigenvalue weighted by atomic mass is 9.97. The van der Waals surface area contributed by atoms with Crippen LogP contribution in [0, 0.1) is 10.8 Å². The molecule has 1 aromatic rings. The van der Waals surface area contributed by atoms with Gasteiger partial charge in [-0.15, -0.1) is 17.0 Å². The first-order chi connectivity index (χ1) is 12.5. The molecule has 1 rings (SSSR count). The molecule has 29 heavy (non-hydrogen) atoms. The van der Waals surface area contributed by atoms with Gasteiger partial charge in [-0.3, -0.25) is 9.59 Å². The predicted molar refractivity (Wildman–Crippen MR) is 120 cm³/mol. The van der Waals surface area contributed by atoms with E-state index in [0.29, 0.717) is 12.1 Å². The highest BCUT2D eigenvalue weighted by Gasteiger charge is 2.27. The minimum atomic E-state index is -0.861. The number of hydrogen-bond donors (Lipinski definition) is 2. The molecule has 0 aliphatic carbocycles. The van der Waals surface area contributed by atoms with Gasteiger partial charge < -0.3 is 19.9 Å². The molecule has 6 nitrogen and oxygen atoms in total. The van der Waals surface area contributed by atoms with E-state index in [1.54, 1.807) is 53.7 Å². The third kappa shape index (κ3) is 9.74. The third-order valence-corrected chi connectivity index (χ3v) is 3.76. The zero-order valence-corrected chi connectivity index (χ0v) is 20.7. The largest absolute Gasteiger partial charge is 0.426 e. The molecule has 0 fully saturated rings. The zero-order valence-electron chi connectivity index (χ0n) is 19.0. The van der Waals surface area contributed by atoms with E-state index < -0.39 is 28.9 Å². The summed E-state index contributed by atoms with van der Waals surface area (Å²) in [6, 6.07) is 4.67. The molecule has 0 bridgehead atoms. The second-order valence-corrected chi connectivity index (χ2v) is 10.2. The van der Waals surface area contributed by atoms with Crippen LogP contribution in [0.15, 0.2) is 18.2 Å². The number of hydrogen-bond acceptors (Lipinski definition) is 6. The molecule has 0 saturated carbocycles. The van der Waals surface area contributed by atoms with Gasteiger partial charge in [-0.1, -0.05) is 0 Å². The van der Waals surface area contributed by atoms with Crippen molar-refractivity contribution in [1.82, 2.24) is 5.32 Å². The first-order valence-corrected chi connectivity index (χ1v) is 9.52. The SMILES string of the molecule is Br.CC(C)(C)NCC(O)c1cc(OC(=O)C(C)(C)C)cc(OC(=O)C(C)(C)C)c1. The van der Waals surface area contributed by atoms with Gasteiger partial charge in [0.05, 0.1) is 16.9 Å². The maximum absolute atomic E-state index is 12.3. The van der Waals surface area contributed by atoms with Crippen LogP contribution >= 0.6 is 17.0 Å². The van der Waals surface area contributed by atoms with Crippen molar-refractivity contribution in [3.63, 3.8) is 0 Å². The Morgan fingerprint density at radius 3 is 1.55 bits per heavy atom. The second-order valence-electron chi connectivity index (χ2n) is 10.2. The summed E-state index contributed by atoms with van der Waals surface area (Å²) in [7, 11) is 0. The van der Waals surface area contributed by atoms with Crippen molar-refractivity contribution in [1.29, 1.82) is 0 Å². The number of β-amino-alcohol motifs (C(OH)–C–C–N with tert-alkyl or cyclic N) is 1. The van der Waals surface area contributed by atoms with Gasteiger partial charge in [0.1, 0.15) is 11.5 Å². The highest BCUT2D eigenvalue weighted by Crippen LogP contribution is 2.30. The Morgan fingerprint density at radius 1 is 0.862 bits per heavy atom. The second kappa shape index (κ2) is 10.0. The number of carbonyl (C=O) groups is 2. The van der Waals surface area contributed by atoms with E-state index in [1.165, 1.54) is 6.07 Å². The number of nitrogens with one attached hydrogen (secondary N) is 1. The maximum Gasteiger partial charge on any atom is 0.316 e. The lowest BCUT2D eigenvalue weighted by molar-refractivity contribution is -0.143. The van der Waals surface area contributed by atoms with E-state index in [0.717, 1.165) is 0 Å². The monoisotopic (exact) mass is 473 g/mol. The van der Waals surface area contributed by atoms with Gasteiger partial charge in [0.25, 0.3) is 0 Å². The van der Waals surface area contributed by atoms with Crippen LogP contribution in [0.4, 0.5) is 0 Å². The number of halogens is 1. The Balaban J connectivity index is 0.00000784. The van der Waals surface area contributed by atoms with E-state index in [9.17, 15) is 14.7 Å². The molecule has 0 amide bonds. The highest BCUT2D eigenvalue weighted by atomic mass is 79.9. The fourth-order valence-corrected chi connectivity index (χ4v) is 1.94. The molecule has 0 aromatic heterocycles. The fraction of sp³-hybridized carbons (Fsp3) is 0.636. The number of ether oxygens (including phenoxy) is 2. The number of carbonyl (C=O) groups excluding carboxylic acids is 2. The van der Waals surface area contributed by atoms with Crippen molar-refractivity contribution >= 4 is 28.9 Å². The average Bonchev–Trinajstić information content (AvgIpc) is 2.49. The van der Waals surface area contributed by atoms with E-state index in [2.05, 4.69) is 5.32 Å². The van der Waals surface area contributed by atoms with Crippen LogP contribution in [0.2, 0.25) is 0 Å². The van der Waals surface area contributed by atoms with Crippen molar-refractivity contribution in [2.75, 3.05) is 6.54 Å². The summed E-state index contributed by atoms with van der Waals surface area (Å²) >= 11 is 0. The predicted octanol–water partition coefficient (Wildman–Crippen LogP) is 4.59. The first kappa shape index (κ1) is 27.6. The molecule has 0 aliphatic rings. The van der Waals surface area contributed by atoms with E-state index >= 15 is 0 Å². The lowest BCUT2D eigenvalue weighted by Crippen LogP contribution is -2.38. The van der Waals surface area contributed by atoms with Gasteiger partial charge in [0.2, 0.25) is 0 Å². The van der Waals surface area contributed by atoms with Crippen LogP contribution < -0.4 is 14.8 Å². The highest BCUT2D eigenvalue weighted by molar-refractivity contribution is 8.93. The van der Waals surface area contributed by atoms with Crippen LogP contribution in [-0.2, 0) is 9.59 Å². The van der Waals surface area contributed by atoms with Gasteiger partial charge >= 0.3 is 11.9 Å². The van der Waals surface area contributed by atoms with Gasteiger partial charge in [-0.05, 0) is 80.0 Å². The molecule has 166 valence electrons. The van der Waals surface area contributed by atoms with Gasteiger partial charge in [0, 0.05) is 18.2 Å². The minimum absolute atomic E-state index is 0. The molecule has 2 N–H and O–H groups in total. The number of aliphatic hydroxyl groups is 1. The first-order valence-electron chi connectivity index (χ1n) is 9.52. The smallest absolute Gasteiger partial charge is 0.316 e. The van der Waals surface area contributed by atoms with Crippen LogP contribution in [0.5, 0.6) is 11.5 Å². The number of benzene rings is 1. The number of esters is 2. The maximum atomic E-state index is 12.3. The van der Waals surface area contributed by atoms with Crippen molar-refractivity contribution < 1.29 is 24.2 Å². The Kier molecular flexibility index (Phi) is 9.55. The molecule has 7 heteroatoms. The summed E-state index contributed by atoms with van der Waals surface area (Å²) in [4.78, 5) is 24.5. The Bertz CT molecular complexity index is 665. The van der Waals surface area contributed by atoms with Crippen LogP contribution in [0.1, 0.15) is 74.0 Å². The van der Waals surface area contributed by atoms with Gasteiger partial charge in [-0.2, -0.15) is 0 Å². The molecule has 0 spiro atoms. The summed E-state index contributed by atoms with van der Waals surface area (Å²) < 4.78 is 10.9. The molecular formula is C22H36BrNO5. The average molecular weight is 474 g/mol. The molecule has 1 unspecified atom stereocenters. The number of aliphatic hydroxyl groups excluding tert-OH is 1. The summed E-state index contributed by atoms with van der Waals surface area (Å²) in [5.41, 5.74) is -1.05. The Morgan fingerprint density at radius 2 is 1.24 bits per heavy atom. The van der Waals surface area contributed by atoms with E-state index in [4.69, 9.17) is 9.47 Å². The van der Waals surface area contributed by atoms with Crippen LogP contribution in [0.25, 0.3) is 0 Å². The Hall–Kier alpha value is -1.44. The fourth-order valence-electron chi connectivity index (χ4n) is 1.94. The van der Waals surface area contributed by atoms with Crippen molar-refractivity contribution in [2.24, 2.45) is 10.8 Å². The minimum Gasteiger partial charge on any atom is -0.426 e. The molecule has 1 aromatic carbocycles. The van der Waals surface area contributed by atoms with Crippen molar-refractivity contribution in [3.8, 4) is 11.5 Å². The van der Waals surface area contributed by atoms with E-state index in [1.807, 2.05) is 20.8 Å². The van der Waals surface area contributed by atoms with Crippen LogP contribution in [-0.4, -0.2) is 29.1 Å². The number of rotatable bonds is 5. The van der Waals surface area contributed by atoms with Gasteiger partial charge in [-0.25, -0.2) is 0 Å². The third-order valence-electron chi connectivity index (χ3n) is 3.76. The standard InChI is InChI=1S/C22H35NO5.BrH/c1-20(2,3)18(25)27-15-10-14(17(24)13-23-22(7,8)9)11-16(12-15)28-19(26)21(4,5)6;/h10-12,17,23-24H,13H2,1-9H3;1H. The summed E-state index contributed by atoms with van der Waals surface area (Å²) in [5.74, 6) is -0.381. The lowest BCUT2D eigenvalue weighted by Gasteiger charge is -2.24. The molecular weight excluding hydrogens is 438 g/mol. The molecule has 0 aliphatic heterocycles. The zero-order chi connectivity index (χ0) is 21.9. The van der Waals surface area contributed by atoms with Crippen LogP contribution in [0.3, 0.4) is 0 Å². The molecule has 0 saturated heterocycles. The van der Waals surface area contributed by atoms with Crippen molar-refractivity contribution in [2.45, 2.75) is 74.0 Å². The molecule has 0 heterocycles. The molecule has 0 radical (unpaired) electrons. The summed E-state index contributed by atoms with van der Waals surface area (Å²) in [6.07, 6.45) is -0.861. The quantitative estimate of drug-likeness (QED) is 0.480. The van der Waals surface area contributed by atoms with Crippen molar-refractivity contribution in [3.05, 3.63) is 23.8 Å². The van der Waals surface area contributed by atoms with Gasteiger partial charge in [0.15, 0.2) is 0 Å². The molecule has 1 atom stereocenters. The topological polar surface area (TPSA) is 84.9 Å².